The second kappa shape index (κ2) is 4.81. The third-order valence-corrected chi connectivity index (χ3v) is 2.95. The van der Waals surface area contributed by atoms with Gasteiger partial charge in [-0.15, -0.1) is 0 Å². The second-order valence-corrected chi connectivity index (χ2v) is 4.49. The Balaban J connectivity index is 2.83. The topological polar surface area (TPSA) is 68.4 Å². The number of ether oxygens (including phenoxy) is 2. The number of benzene rings is 1. The van der Waals surface area contributed by atoms with Gasteiger partial charge in [0.15, 0.2) is 5.43 Å². The molecule has 0 aliphatic rings. The van der Waals surface area contributed by atoms with Crippen LogP contribution in [0, 0.1) is 0 Å². The Morgan fingerprint density at radius 3 is 2.61 bits per heavy atom. The fourth-order valence-corrected chi connectivity index (χ4v) is 2.10. The monoisotopic (exact) mass is 311 g/mol. The molecule has 0 saturated heterocycles. The first-order chi connectivity index (χ1) is 8.56. The highest BCUT2D eigenvalue weighted by molar-refractivity contribution is 9.10. The van der Waals surface area contributed by atoms with Crippen molar-refractivity contribution in [1.29, 1.82) is 0 Å². The van der Waals surface area contributed by atoms with E-state index in [4.69, 9.17) is 4.74 Å². The zero-order valence-corrected chi connectivity index (χ0v) is 11.3. The number of carbonyl (C=O) groups is 1. The molecule has 0 bridgehead atoms. The standard InChI is InChI=1S/C12H10BrNO4/c1-17-10-4-6(13)3-7-9(15)5-8(12(16)18-2)14-11(7)10/h3-5H,1-2H3,(H,14,15). The third-order valence-electron chi connectivity index (χ3n) is 2.49. The van der Waals surface area contributed by atoms with Crippen molar-refractivity contribution in [3.8, 4) is 5.75 Å². The van der Waals surface area contributed by atoms with Gasteiger partial charge >= 0.3 is 5.97 Å². The van der Waals surface area contributed by atoms with Gasteiger partial charge in [0, 0.05) is 10.5 Å². The molecule has 0 aliphatic heterocycles. The Morgan fingerprint density at radius 2 is 2.00 bits per heavy atom. The van der Waals surface area contributed by atoms with Gasteiger partial charge in [-0.25, -0.2) is 4.79 Å². The first kappa shape index (κ1) is 12.6. The summed E-state index contributed by atoms with van der Waals surface area (Å²) in [7, 11) is 2.74. The zero-order chi connectivity index (χ0) is 13.3. The maximum absolute atomic E-state index is 11.9. The van der Waals surface area contributed by atoms with Crippen molar-refractivity contribution in [1.82, 2.24) is 4.98 Å². The minimum absolute atomic E-state index is 0.0932. The molecule has 2 rings (SSSR count). The molecule has 0 unspecified atom stereocenters. The lowest BCUT2D eigenvalue weighted by atomic mass is 10.2. The largest absolute Gasteiger partial charge is 0.495 e. The minimum Gasteiger partial charge on any atom is -0.495 e. The van der Waals surface area contributed by atoms with E-state index in [2.05, 4.69) is 25.7 Å². The number of aromatic amines is 1. The summed E-state index contributed by atoms with van der Waals surface area (Å²) in [5, 5.41) is 0.439. The average molecular weight is 312 g/mol. The molecule has 1 aromatic heterocycles. The van der Waals surface area contributed by atoms with Crippen LogP contribution in [0.25, 0.3) is 10.9 Å². The van der Waals surface area contributed by atoms with Crippen molar-refractivity contribution < 1.29 is 14.3 Å². The van der Waals surface area contributed by atoms with E-state index in [0.29, 0.717) is 16.7 Å². The molecule has 1 aromatic carbocycles. The van der Waals surface area contributed by atoms with E-state index in [9.17, 15) is 9.59 Å². The average Bonchev–Trinajstić information content (AvgIpc) is 2.37. The minimum atomic E-state index is -0.598. The highest BCUT2D eigenvalue weighted by atomic mass is 79.9. The number of nitrogens with one attached hydrogen (secondary N) is 1. The van der Waals surface area contributed by atoms with Crippen LogP contribution in [0.1, 0.15) is 10.5 Å². The predicted molar refractivity (Wildman–Crippen MR) is 70.2 cm³/mol. The van der Waals surface area contributed by atoms with Gasteiger partial charge in [-0.3, -0.25) is 4.79 Å². The fraction of sp³-hybridized carbons (Fsp3) is 0.167. The van der Waals surface area contributed by atoms with E-state index in [0.717, 1.165) is 4.47 Å². The van der Waals surface area contributed by atoms with Gasteiger partial charge in [0.25, 0.3) is 0 Å². The van der Waals surface area contributed by atoms with Crippen LogP contribution < -0.4 is 10.2 Å². The first-order valence-corrected chi connectivity index (χ1v) is 5.85. The van der Waals surface area contributed by atoms with E-state index in [1.54, 1.807) is 12.1 Å². The van der Waals surface area contributed by atoms with E-state index >= 15 is 0 Å². The third kappa shape index (κ3) is 2.11. The number of methoxy groups -OCH3 is 2. The molecule has 18 heavy (non-hydrogen) atoms. The Bertz CT molecular complexity index is 678. The molecule has 0 atom stereocenters. The molecule has 0 spiro atoms. The number of pyridine rings is 1. The molecule has 2 aromatic rings. The second-order valence-electron chi connectivity index (χ2n) is 3.57. The van der Waals surface area contributed by atoms with Crippen molar-refractivity contribution in [3.63, 3.8) is 0 Å². The van der Waals surface area contributed by atoms with Gasteiger partial charge < -0.3 is 14.5 Å². The number of aromatic nitrogens is 1. The number of halogens is 1. The molecule has 0 amide bonds. The van der Waals surface area contributed by atoms with Crippen LogP contribution in [0.15, 0.2) is 27.5 Å². The summed E-state index contributed by atoms with van der Waals surface area (Å²) in [6, 6.07) is 4.58. The molecule has 0 radical (unpaired) electrons. The molecule has 6 heteroatoms. The number of hydrogen-bond donors (Lipinski definition) is 1. The van der Waals surface area contributed by atoms with E-state index in [-0.39, 0.29) is 11.1 Å². The van der Waals surface area contributed by atoms with E-state index in [1.807, 2.05) is 0 Å². The quantitative estimate of drug-likeness (QED) is 0.862. The molecule has 94 valence electrons. The number of H-pyrrole nitrogens is 1. The van der Waals surface area contributed by atoms with Crippen LogP contribution in [0.2, 0.25) is 0 Å². The van der Waals surface area contributed by atoms with Crippen molar-refractivity contribution >= 4 is 32.8 Å². The van der Waals surface area contributed by atoms with Gasteiger partial charge in [-0.05, 0) is 12.1 Å². The fourth-order valence-electron chi connectivity index (χ4n) is 1.67. The molecule has 0 fully saturated rings. The zero-order valence-electron chi connectivity index (χ0n) is 9.74. The Morgan fingerprint density at radius 1 is 1.28 bits per heavy atom. The SMILES string of the molecule is COC(=O)c1cc(=O)c2cc(Br)cc(OC)c2[nH]1. The smallest absolute Gasteiger partial charge is 0.354 e. The normalized spacial score (nSPS) is 10.4. The molecular formula is C12H10BrNO4. The highest BCUT2D eigenvalue weighted by Gasteiger charge is 2.13. The van der Waals surface area contributed by atoms with Crippen LogP contribution >= 0.6 is 15.9 Å². The Hall–Kier alpha value is -1.82. The summed E-state index contributed by atoms with van der Waals surface area (Å²) in [4.78, 5) is 26.2. The number of hydrogen-bond acceptors (Lipinski definition) is 4. The van der Waals surface area contributed by atoms with Gasteiger partial charge in [0.05, 0.1) is 25.1 Å². The number of carbonyl (C=O) groups excluding carboxylic acids is 1. The lowest BCUT2D eigenvalue weighted by Gasteiger charge is -2.08. The molecule has 1 heterocycles. The molecule has 1 N–H and O–H groups in total. The Kier molecular flexibility index (Phi) is 3.38. The van der Waals surface area contributed by atoms with Gasteiger partial charge in [-0.1, -0.05) is 15.9 Å². The first-order valence-electron chi connectivity index (χ1n) is 5.05. The van der Waals surface area contributed by atoms with Crippen LogP contribution in [0.4, 0.5) is 0 Å². The molecular weight excluding hydrogens is 302 g/mol. The van der Waals surface area contributed by atoms with Crippen molar-refractivity contribution in [2.45, 2.75) is 0 Å². The highest BCUT2D eigenvalue weighted by Crippen LogP contribution is 2.26. The lowest BCUT2D eigenvalue weighted by Crippen LogP contribution is -2.11. The van der Waals surface area contributed by atoms with Gasteiger partial charge in [0.1, 0.15) is 11.4 Å². The van der Waals surface area contributed by atoms with Crippen LogP contribution in [0.3, 0.4) is 0 Å². The van der Waals surface area contributed by atoms with Crippen LogP contribution in [-0.2, 0) is 4.74 Å². The summed E-state index contributed by atoms with van der Waals surface area (Å²) < 4.78 is 10.5. The lowest BCUT2D eigenvalue weighted by molar-refractivity contribution is 0.0594. The number of esters is 1. The van der Waals surface area contributed by atoms with Crippen molar-refractivity contribution in [2.75, 3.05) is 14.2 Å². The van der Waals surface area contributed by atoms with Crippen LogP contribution in [-0.4, -0.2) is 25.2 Å². The van der Waals surface area contributed by atoms with Crippen molar-refractivity contribution in [3.05, 3.63) is 38.6 Å². The molecule has 0 saturated carbocycles. The van der Waals surface area contributed by atoms with E-state index in [1.165, 1.54) is 20.3 Å². The molecule has 0 aliphatic carbocycles. The molecule has 5 nitrogen and oxygen atoms in total. The number of rotatable bonds is 2. The maximum atomic E-state index is 11.9. The summed E-state index contributed by atoms with van der Waals surface area (Å²) in [5.41, 5.74) is 0.285. The van der Waals surface area contributed by atoms with Crippen molar-refractivity contribution in [2.24, 2.45) is 0 Å². The summed E-state index contributed by atoms with van der Waals surface area (Å²) >= 11 is 3.29. The Labute approximate surface area is 111 Å². The maximum Gasteiger partial charge on any atom is 0.354 e. The van der Waals surface area contributed by atoms with Gasteiger partial charge in [-0.2, -0.15) is 0 Å². The summed E-state index contributed by atoms with van der Waals surface area (Å²) in [5.74, 6) is -0.124. The van der Waals surface area contributed by atoms with Gasteiger partial charge in [0.2, 0.25) is 0 Å². The predicted octanol–water partition coefficient (Wildman–Crippen LogP) is 2.09. The summed E-state index contributed by atoms with van der Waals surface area (Å²) in [6.07, 6.45) is 0. The number of fused-ring (bicyclic) bond motifs is 1. The van der Waals surface area contributed by atoms with E-state index < -0.39 is 5.97 Å². The van der Waals surface area contributed by atoms with Crippen LogP contribution in [0.5, 0.6) is 5.75 Å². The summed E-state index contributed by atoms with van der Waals surface area (Å²) in [6.45, 7) is 0.